The molecule has 1 atom stereocenters. The van der Waals surface area contributed by atoms with Gasteiger partial charge < -0.3 is 20.9 Å². The Hall–Kier alpha value is -1.59. The normalized spacial score (nSPS) is 12.4. The van der Waals surface area contributed by atoms with Gasteiger partial charge in [-0.05, 0) is 18.2 Å². The van der Waals surface area contributed by atoms with Crippen molar-refractivity contribution < 1.29 is 14.6 Å². The number of anilines is 1. The zero-order valence-corrected chi connectivity index (χ0v) is 12.3. The van der Waals surface area contributed by atoms with Gasteiger partial charge in [-0.15, -0.1) is 0 Å². The average Bonchev–Trinajstić information content (AvgIpc) is 2.42. The van der Waals surface area contributed by atoms with Gasteiger partial charge in [0.15, 0.2) is 5.78 Å². The van der Waals surface area contributed by atoms with Gasteiger partial charge in [-0.1, -0.05) is 20.8 Å². The van der Waals surface area contributed by atoms with Crippen LogP contribution in [0.2, 0.25) is 0 Å². The molecule has 0 spiro atoms. The van der Waals surface area contributed by atoms with E-state index in [2.05, 4.69) is 5.32 Å². The van der Waals surface area contributed by atoms with Gasteiger partial charge in [0.2, 0.25) is 0 Å². The molecule has 5 heteroatoms. The Bertz CT molecular complexity index is 447. The largest absolute Gasteiger partial charge is 0.490 e. The van der Waals surface area contributed by atoms with Gasteiger partial charge in [0.25, 0.3) is 0 Å². The van der Waals surface area contributed by atoms with E-state index in [0.717, 1.165) is 0 Å². The van der Waals surface area contributed by atoms with Crippen LogP contribution in [0.25, 0.3) is 0 Å². The number of ether oxygens (including phenoxy) is 1. The predicted octanol–water partition coefficient (Wildman–Crippen LogP) is 1.60. The Morgan fingerprint density at radius 2 is 2.15 bits per heavy atom. The van der Waals surface area contributed by atoms with Gasteiger partial charge >= 0.3 is 0 Å². The van der Waals surface area contributed by atoms with Crippen LogP contribution in [0.1, 0.15) is 37.6 Å². The minimum atomic E-state index is -0.625. The van der Waals surface area contributed by atoms with Crippen molar-refractivity contribution in [1.29, 1.82) is 0 Å². The lowest BCUT2D eigenvalue weighted by atomic mass is 10.1. The van der Waals surface area contributed by atoms with Crippen molar-refractivity contribution in [2.75, 3.05) is 18.9 Å². The summed E-state index contributed by atoms with van der Waals surface area (Å²) in [6, 6.07) is 5.26. The fraction of sp³-hybridized carbons (Fsp3) is 0.533. The highest BCUT2D eigenvalue weighted by Crippen LogP contribution is 2.23. The number of nitrogen functional groups attached to an aromatic ring is 1. The first-order chi connectivity index (χ1) is 9.43. The summed E-state index contributed by atoms with van der Waals surface area (Å²) < 4.78 is 5.54. The quantitative estimate of drug-likeness (QED) is 0.497. The highest BCUT2D eigenvalue weighted by molar-refractivity contribution is 5.99. The molecule has 0 amide bonds. The first kappa shape index (κ1) is 16.5. The molecule has 1 aromatic carbocycles. The van der Waals surface area contributed by atoms with E-state index in [4.69, 9.17) is 10.5 Å². The molecule has 0 heterocycles. The van der Waals surface area contributed by atoms with Crippen molar-refractivity contribution in [3.8, 4) is 5.75 Å². The van der Waals surface area contributed by atoms with Gasteiger partial charge in [-0.2, -0.15) is 0 Å². The molecule has 4 N–H and O–H groups in total. The highest BCUT2D eigenvalue weighted by atomic mass is 16.5. The van der Waals surface area contributed by atoms with Crippen LogP contribution in [-0.4, -0.2) is 36.2 Å². The number of Topliss-reactive ketones (excluding diaryl/α,β-unsaturated/α-hetero) is 1. The molecular formula is C15H24N2O3. The first-order valence-electron chi connectivity index (χ1n) is 6.91. The van der Waals surface area contributed by atoms with Crippen LogP contribution in [-0.2, 0) is 0 Å². The molecule has 0 aliphatic rings. The second kappa shape index (κ2) is 7.87. The van der Waals surface area contributed by atoms with Crippen molar-refractivity contribution in [2.24, 2.45) is 0 Å². The van der Waals surface area contributed by atoms with Crippen molar-refractivity contribution in [3.63, 3.8) is 0 Å². The maximum absolute atomic E-state index is 11.8. The Kier molecular flexibility index (Phi) is 6.48. The lowest BCUT2D eigenvalue weighted by Crippen LogP contribution is -2.35. The molecule has 5 nitrogen and oxygen atoms in total. The van der Waals surface area contributed by atoms with Crippen LogP contribution < -0.4 is 15.8 Å². The van der Waals surface area contributed by atoms with E-state index in [-0.39, 0.29) is 12.4 Å². The number of ketones is 1. The number of carbonyl (C=O) groups is 1. The van der Waals surface area contributed by atoms with Crippen molar-refractivity contribution >= 4 is 11.5 Å². The summed E-state index contributed by atoms with van der Waals surface area (Å²) >= 11 is 0. The zero-order valence-electron chi connectivity index (χ0n) is 12.3. The molecule has 20 heavy (non-hydrogen) atoms. The minimum absolute atomic E-state index is 0.0258. The zero-order chi connectivity index (χ0) is 15.1. The summed E-state index contributed by atoms with van der Waals surface area (Å²) in [7, 11) is 0. The number of aliphatic hydroxyl groups is 1. The minimum Gasteiger partial charge on any atom is -0.490 e. The summed E-state index contributed by atoms with van der Waals surface area (Å²) in [6.45, 7) is 6.38. The first-order valence-corrected chi connectivity index (χ1v) is 6.91. The molecule has 0 bridgehead atoms. The van der Waals surface area contributed by atoms with Gasteiger partial charge in [0.05, 0.1) is 5.56 Å². The monoisotopic (exact) mass is 280 g/mol. The van der Waals surface area contributed by atoms with Crippen LogP contribution in [0.15, 0.2) is 18.2 Å². The second-order valence-corrected chi connectivity index (χ2v) is 5.06. The third-order valence-electron chi connectivity index (χ3n) is 2.82. The average molecular weight is 280 g/mol. The predicted molar refractivity (Wildman–Crippen MR) is 80.1 cm³/mol. The maximum atomic E-state index is 11.8. The van der Waals surface area contributed by atoms with E-state index in [1.54, 1.807) is 25.1 Å². The van der Waals surface area contributed by atoms with Gasteiger partial charge in [0.1, 0.15) is 18.5 Å². The third kappa shape index (κ3) is 5.19. The summed E-state index contributed by atoms with van der Waals surface area (Å²) in [5.74, 6) is 0.441. The molecule has 0 aliphatic carbocycles. The van der Waals surface area contributed by atoms with Gasteiger partial charge in [-0.25, -0.2) is 0 Å². The van der Waals surface area contributed by atoms with E-state index in [1.807, 2.05) is 13.8 Å². The van der Waals surface area contributed by atoms with E-state index < -0.39 is 6.10 Å². The smallest absolute Gasteiger partial charge is 0.166 e. The lowest BCUT2D eigenvalue weighted by molar-refractivity contribution is 0.0950. The Balaban J connectivity index is 2.65. The molecule has 1 aromatic rings. The molecule has 0 unspecified atom stereocenters. The maximum Gasteiger partial charge on any atom is 0.166 e. The number of hydrogen-bond donors (Lipinski definition) is 3. The lowest BCUT2D eigenvalue weighted by Gasteiger charge is -2.16. The molecule has 0 aliphatic heterocycles. The van der Waals surface area contributed by atoms with E-state index in [0.29, 0.717) is 36.0 Å². The van der Waals surface area contributed by atoms with E-state index in [9.17, 15) is 9.90 Å². The molecule has 0 radical (unpaired) electrons. The molecule has 0 fully saturated rings. The van der Waals surface area contributed by atoms with Crippen molar-refractivity contribution in [1.82, 2.24) is 5.32 Å². The van der Waals surface area contributed by atoms with Crippen LogP contribution >= 0.6 is 0 Å². The van der Waals surface area contributed by atoms with Crippen LogP contribution in [0, 0.1) is 0 Å². The second-order valence-electron chi connectivity index (χ2n) is 5.06. The summed E-state index contributed by atoms with van der Waals surface area (Å²) in [5, 5.41) is 12.9. The topological polar surface area (TPSA) is 84.6 Å². The van der Waals surface area contributed by atoms with E-state index >= 15 is 0 Å². The molecule has 0 saturated heterocycles. The summed E-state index contributed by atoms with van der Waals surface area (Å²) in [5.41, 5.74) is 6.68. The fourth-order valence-electron chi connectivity index (χ4n) is 1.70. The molecule has 112 valence electrons. The highest BCUT2D eigenvalue weighted by Gasteiger charge is 2.13. The molecule has 0 saturated carbocycles. The number of benzene rings is 1. The number of nitrogens with one attached hydrogen (secondary N) is 1. The standard InChI is InChI=1S/C15H24N2O3/c1-4-14(19)13-7-11(16)5-6-15(13)20-9-12(18)8-17-10(2)3/h5-7,10,12,17-18H,4,8-9,16H2,1-3H3/t12-/m1/s1. The molecular weight excluding hydrogens is 256 g/mol. The van der Waals surface area contributed by atoms with Gasteiger partial charge in [0, 0.05) is 24.7 Å². The van der Waals surface area contributed by atoms with Crippen molar-refractivity contribution in [3.05, 3.63) is 23.8 Å². The number of hydrogen-bond acceptors (Lipinski definition) is 5. The van der Waals surface area contributed by atoms with Crippen molar-refractivity contribution in [2.45, 2.75) is 39.3 Å². The molecule has 0 aromatic heterocycles. The SMILES string of the molecule is CCC(=O)c1cc(N)ccc1OC[C@H](O)CNC(C)C. The summed E-state index contributed by atoms with van der Waals surface area (Å²) in [4.78, 5) is 11.8. The summed E-state index contributed by atoms with van der Waals surface area (Å²) in [6.07, 6.45) is -0.239. The van der Waals surface area contributed by atoms with Crippen LogP contribution in [0.3, 0.4) is 0 Å². The Morgan fingerprint density at radius 1 is 1.45 bits per heavy atom. The van der Waals surface area contributed by atoms with E-state index in [1.165, 1.54) is 0 Å². The Morgan fingerprint density at radius 3 is 2.75 bits per heavy atom. The molecule has 1 rings (SSSR count). The van der Waals surface area contributed by atoms with Crippen LogP contribution in [0.5, 0.6) is 5.75 Å². The number of carbonyl (C=O) groups excluding carboxylic acids is 1. The fourth-order valence-corrected chi connectivity index (χ4v) is 1.70. The number of rotatable bonds is 8. The van der Waals surface area contributed by atoms with Gasteiger partial charge in [-0.3, -0.25) is 4.79 Å². The van der Waals surface area contributed by atoms with Crippen LogP contribution in [0.4, 0.5) is 5.69 Å². The number of nitrogens with two attached hydrogens (primary N) is 1. The number of aliphatic hydroxyl groups excluding tert-OH is 1. The Labute approximate surface area is 120 Å². The third-order valence-corrected chi connectivity index (χ3v) is 2.82.